The van der Waals surface area contributed by atoms with Gasteiger partial charge in [-0.15, -0.1) is 0 Å². The Kier molecular flexibility index (Phi) is 5.74. The molecule has 0 spiro atoms. The number of hydrogen-bond acceptors (Lipinski definition) is 5. The molecule has 0 bridgehead atoms. The van der Waals surface area contributed by atoms with Crippen LogP contribution in [0.3, 0.4) is 0 Å². The lowest BCUT2D eigenvalue weighted by Crippen LogP contribution is -2.48. The highest BCUT2D eigenvalue weighted by atomic mass is 32.2. The molecule has 5 rings (SSSR count). The zero-order valence-electron chi connectivity index (χ0n) is 18.8. The zero-order valence-corrected chi connectivity index (χ0v) is 19.7. The lowest BCUT2D eigenvalue weighted by atomic mass is 10.2. The van der Waals surface area contributed by atoms with Crippen LogP contribution in [0.1, 0.15) is 17.0 Å². The van der Waals surface area contributed by atoms with E-state index in [1.165, 1.54) is 5.56 Å². The van der Waals surface area contributed by atoms with E-state index in [-0.39, 0.29) is 0 Å². The van der Waals surface area contributed by atoms with Crippen molar-refractivity contribution in [2.45, 2.75) is 25.3 Å². The van der Waals surface area contributed by atoms with Gasteiger partial charge in [0.1, 0.15) is 11.3 Å². The second-order valence-electron chi connectivity index (χ2n) is 8.49. The van der Waals surface area contributed by atoms with Crippen LogP contribution in [-0.4, -0.2) is 58.3 Å². The number of benzene rings is 2. The second-order valence-corrected chi connectivity index (χ2v) is 10.4. The smallest absolute Gasteiger partial charge is 0.243 e. The van der Waals surface area contributed by atoms with Crippen LogP contribution in [0.5, 0.6) is 0 Å². The number of pyridine rings is 1. The number of imidazole rings is 1. The summed E-state index contributed by atoms with van der Waals surface area (Å²) in [5.74, 6) is 0.905. The molecular weight excluding hydrogens is 434 g/mol. The summed E-state index contributed by atoms with van der Waals surface area (Å²) in [7, 11) is -3.49. The average molecular weight is 462 g/mol. The lowest BCUT2D eigenvalue weighted by Gasteiger charge is -2.34. The number of piperazine rings is 1. The third-order valence-corrected chi connectivity index (χ3v) is 8.24. The van der Waals surface area contributed by atoms with Gasteiger partial charge in [0.15, 0.2) is 5.65 Å². The van der Waals surface area contributed by atoms with Crippen LogP contribution < -0.4 is 0 Å². The van der Waals surface area contributed by atoms with E-state index in [0.717, 1.165) is 28.2 Å². The van der Waals surface area contributed by atoms with Crippen LogP contribution in [0.15, 0.2) is 71.8 Å². The van der Waals surface area contributed by atoms with E-state index in [0.29, 0.717) is 37.6 Å². The van der Waals surface area contributed by atoms with Gasteiger partial charge in [0.05, 0.1) is 11.4 Å². The Morgan fingerprint density at radius 1 is 0.879 bits per heavy atom. The molecule has 1 fully saturated rings. The van der Waals surface area contributed by atoms with Crippen molar-refractivity contribution in [3.8, 4) is 5.69 Å². The van der Waals surface area contributed by atoms with Crippen molar-refractivity contribution in [2.24, 2.45) is 0 Å². The molecule has 0 atom stereocenters. The molecule has 0 aliphatic carbocycles. The highest BCUT2D eigenvalue weighted by molar-refractivity contribution is 7.89. The first kappa shape index (κ1) is 21.8. The van der Waals surface area contributed by atoms with Crippen LogP contribution in [0.25, 0.3) is 16.9 Å². The van der Waals surface area contributed by atoms with Crippen LogP contribution in [0.2, 0.25) is 0 Å². The highest BCUT2D eigenvalue weighted by Crippen LogP contribution is 2.24. The van der Waals surface area contributed by atoms with E-state index in [1.54, 1.807) is 22.6 Å². The van der Waals surface area contributed by atoms with Crippen molar-refractivity contribution in [1.82, 2.24) is 23.7 Å². The average Bonchev–Trinajstić information content (AvgIpc) is 3.18. The maximum Gasteiger partial charge on any atom is 0.243 e. The fraction of sp³-hybridized carbons (Fsp3) is 0.280. The normalized spacial score (nSPS) is 15.8. The fourth-order valence-electron chi connectivity index (χ4n) is 4.34. The number of aromatic nitrogens is 3. The Labute approximate surface area is 194 Å². The zero-order chi connectivity index (χ0) is 23.0. The van der Waals surface area contributed by atoms with Crippen molar-refractivity contribution in [3.05, 3.63) is 83.8 Å². The molecule has 0 radical (unpaired) electrons. The third-order valence-electron chi connectivity index (χ3n) is 6.19. The van der Waals surface area contributed by atoms with Gasteiger partial charge in [-0.05, 0) is 49.7 Å². The highest BCUT2D eigenvalue weighted by Gasteiger charge is 2.30. The molecular formula is C25H27N5O2S. The summed E-state index contributed by atoms with van der Waals surface area (Å²) in [6.45, 7) is 6.75. The standard InChI is InChI=1S/C25H27N5O2S/c1-19-9-11-21(12-10-19)30-24(27-22-7-5-13-26-25(22)30)18-28-14-16-29(17-15-28)33(31,32)23-8-4-3-6-20(23)2/h3-13H,14-18H2,1-2H3. The quantitative estimate of drug-likeness (QED) is 0.455. The van der Waals surface area contributed by atoms with Crippen LogP contribution in [0, 0.1) is 13.8 Å². The first-order valence-corrected chi connectivity index (χ1v) is 12.5. The van der Waals surface area contributed by atoms with Crippen molar-refractivity contribution in [1.29, 1.82) is 0 Å². The van der Waals surface area contributed by atoms with Gasteiger partial charge >= 0.3 is 0 Å². The summed E-state index contributed by atoms with van der Waals surface area (Å²) in [6.07, 6.45) is 1.79. The van der Waals surface area contributed by atoms with Crippen molar-refractivity contribution < 1.29 is 8.42 Å². The Morgan fingerprint density at radius 2 is 1.61 bits per heavy atom. The summed E-state index contributed by atoms with van der Waals surface area (Å²) in [5, 5.41) is 0. The monoisotopic (exact) mass is 461 g/mol. The number of aryl methyl sites for hydroxylation is 2. The van der Waals surface area contributed by atoms with Crippen molar-refractivity contribution >= 4 is 21.2 Å². The molecule has 4 aromatic rings. The van der Waals surface area contributed by atoms with Gasteiger partial charge in [0, 0.05) is 38.1 Å². The molecule has 0 unspecified atom stereocenters. The second kappa shape index (κ2) is 8.70. The topological polar surface area (TPSA) is 71.3 Å². The summed E-state index contributed by atoms with van der Waals surface area (Å²) in [6, 6.07) is 19.4. The molecule has 1 aliphatic rings. The lowest BCUT2D eigenvalue weighted by molar-refractivity contribution is 0.177. The molecule has 3 heterocycles. The van der Waals surface area contributed by atoms with Gasteiger partial charge < -0.3 is 0 Å². The maximum atomic E-state index is 13.1. The van der Waals surface area contributed by atoms with E-state index in [2.05, 4.69) is 45.6 Å². The van der Waals surface area contributed by atoms with E-state index < -0.39 is 10.0 Å². The van der Waals surface area contributed by atoms with Crippen LogP contribution >= 0.6 is 0 Å². The molecule has 170 valence electrons. The van der Waals surface area contributed by atoms with E-state index in [9.17, 15) is 8.42 Å². The Morgan fingerprint density at radius 3 is 2.33 bits per heavy atom. The predicted octanol–water partition coefficient (Wildman–Crippen LogP) is 3.54. The molecule has 1 aliphatic heterocycles. The molecule has 2 aromatic heterocycles. The molecule has 0 amide bonds. The first-order chi connectivity index (χ1) is 15.9. The fourth-order valence-corrected chi connectivity index (χ4v) is 5.99. The molecule has 33 heavy (non-hydrogen) atoms. The molecule has 1 saturated heterocycles. The summed E-state index contributed by atoms with van der Waals surface area (Å²) in [5.41, 5.74) is 4.69. The summed E-state index contributed by atoms with van der Waals surface area (Å²) >= 11 is 0. The van der Waals surface area contributed by atoms with Crippen molar-refractivity contribution in [2.75, 3.05) is 26.2 Å². The Bertz CT molecular complexity index is 1390. The number of hydrogen-bond donors (Lipinski definition) is 0. The third kappa shape index (κ3) is 4.17. The summed E-state index contributed by atoms with van der Waals surface area (Å²) in [4.78, 5) is 12.1. The molecule has 0 saturated carbocycles. The Balaban J connectivity index is 1.37. The molecule has 7 nitrogen and oxygen atoms in total. The summed E-state index contributed by atoms with van der Waals surface area (Å²) < 4.78 is 30.0. The number of fused-ring (bicyclic) bond motifs is 1. The van der Waals surface area contributed by atoms with Gasteiger partial charge in [-0.1, -0.05) is 35.9 Å². The number of nitrogens with zero attached hydrogens (tertiary/aromatic N) is 5. The minimum atomic E-state index is -3.49. The van der Waals surface area contributed by atoms with Gasteiger partial charge in [-0.2, -0.15) is 4.31 Å². The minimum Gasteiger partial charge on any atom is -0.293 e. The van der Waals surface area contributed by atoms with E-state index in [4.69, 9.17) is 4.98 Å². The SMILES string of the molecule is Cc1ccc(-n2c(CN3CCN(S(=O)(=O)c4ccccc4C)CC3)nc3cccnc32)cc1. The molecule has 0 N–H and O–H groups in total. The van der Waals surface area contributed by atoms with E-state index in [1.807, 2.05) is 31.2 Å². The van der Waals surface area contributed by atoms with Gasteiger partial charge in [-0.3, -0.25) is 9.47 Å². The molecule has 2 aromatic carbocycles. The minimum absolute atomic E-state index is 0.394. The number of rotatable bonds is 5. The molecule has 8 heteroatoms. The van der Waals surface area contributed by atoms with E-state index >= 15 is 0 Å². The van der Waals surface area contributed by atoms with Gasteiger partial charge in [-0.25, -0.2) is 18.4 Å². The van der Waals surface area contributed by atoms with Gasteiger partial charge in [0.25, 0.3) is 0 Å². The van der Waals surface area contributed by atoms with Crippen molar-refractivity contribution in [3.63, 3.8) is 0 Å². The Hall–Kier alpha value is -3.07. The first-order valence-electron chi connectivity index (χ1n) is 11.1. The van der Waals surface area contributed by atoms with Crippen LogP contribution in [0.4, 0.5) is 0 Å². The van der Waals surface area contributed by atoms with Crippen LogP contribution in [-0.2, 0) is 16.6 Å². The predicted molar refractivity (Wildman–Crippen MR) is 129 cm³/mol. The number of sulfonamides is 1. The maximum absolute atomic E-state index is 13.1. The largest absolute Gasteiger partial charge is 0.293 e. The van der Waals surface area contributed by atoms with Gasteiger partial charge in [0.2, 0.25) is 10.0 Å².